The number of rotatable bonds is 6. The minimum atomic E-state index is -2.92. The van der Waals surface area contributed by atoms with Crippen LogP contribution in [-0.2, 0) is 11.8 Å². The number of amides is 1. The molecular weight excluding hydrogens is 394 g/mol. The lowest BCUT2D eigenvalue weighted by Gasteiger charge is -2.41. The quantitative estimate of drug-likeness (QED) is 0.741. The topological polar surface area (TPSA) is 112 Å². The summed E-state index contributed by atoms with van der Waals surface area (Å²) in [5, 5.41) is 19.1. The predicted molar refractivity (Wildman–Crippen MR) is 104 cm³/mol. The van der Waals surface area contributed by atoms with Gasteiger partial charge in [-0.3, -0.25) is 9.48 Å². The molecule has 9 nitrogen and oxygen atoms in total. The Hall–Kier alpha value is -3.29. The van der Waals surface area contributed by atoms with E-state index in [4.69, 9.17) is 0 Å². The van der Waals surface area contributed by atoms with Crippen LogP contribution in [0.2, 0.25) is 0 Å². The van der Waals surface area contributed by atoms with Gasteiger partial charge in [0.15, 0.2) is 0 Å². The second kappa shape index (κ2) is 7.51. The van der Waals surface area contributed by atoms with Gasteiger partial charge in [0, 0.05) is 39.0 Å². The van der Waals surface area contributed by atoms with Crippen LogP contribution in [0.1, 0.15) is 25.7 Å². The molecule has 1 aliphatic carbocycles. The first-order valence-electron chi connectivity index (χ1n) is 9.71. The van der Waals surface area contributed by atoms with E-state index in [1.54, 1.807) is 29.3 Å². The van der Waals surface area contributed by atoms with E-state index in [9.17, 15) is 18.8 Å². The lowest BCUT2D eigenvalue weighted by Crippen LogP contribution is -2.56. The van der Waals surface area contributed by atoms with Gasteiger partial charge in [-0.1, -0.05) is 0 Å². The van der Waals surface area contributed by atoms with Crippen LogP contribution in [0, 0.1) is 17.2 Å². The zero-order valence-electron chi connectivity index (χ0n) is 16.5. The van der Waals surface area contributed by atoms with Gasteiger partial charge in [0.25, 0.3) is 5.92 Å². The minimum absolute atomic E-state index is 0.0858. The highest BCUT2D eigenvalue weighted by Crippen LogP contribution is 2.49. The predicted octanol–water partition coefficient (Wildman–Crippen LogP) is 1.98. The molecule has 0 bridgehead atoms. The summed E-state index contributed by atoms with van der Waals surface area (Å²) in [6.07, 6.45) is 5.73. The summed E-state index contributed by atoms with van der Waals surface area (Å²) in [7, 11) is 1.81. The summed E-state index contributed by atoms with van der Waals surface area (Å²) >= 11 is 0. The molecule has 1 unspecified atom stereocenters. The molecule has 0 radical (unpaired) electrons. The molecule has 2 fully saturated rings. The van der Waals surface area contributed by atoms with Gasteiger partial charge in [-0.2, -0.15) is 15.3 Å². The Balaban J connectivity index is 1.41. The van der Waals surface area contributed by atoms with E-state index in [1.807, 2.05) is 11.9 Å². The maximum Gasteiger partial charge on any atom is 0.260 e. The number of carbonyl (C=O) groups excluding carboxylic acids is 1. The number of aromatic nitrogens is 4. The van der Waals surface area contributed by atoms with Gasteiger partial charge < -0.3 is 15.5 Å². The minimum Gasteiger partial charge on any atom is -0.356 e. The first-order chi connectivity index (χ1) is 14.3. The van der Waals surface area contributed by atoms with Crippen LogP contribution < -0.4 is 15.5 Å². The molecule has 1 amide bonds. The van der Waals surface area contributed by atoms with Gasteiger partial charge in [-0.15, -0.1) is 0 Å². The third-order valence-electron chi connectivity index (χ3n) is 5.59. The van der Waals surface area contributed by atoms with Crippen LogP contribution in [0.25, 0.3) is 0 Å². The molecule has 2 aliphatic rings. The van der Waals surface area contributed by atoms with Crippen molar-refractivity contribution in [1.29, 1.82) is 5.26 Å². The Kier molecular flexibility index (Phi) is 5.01. The maximum absolute atomic E-state index is 13.2. The van der Waals surface area contributed by atoms with E-state index in [0.717, 1.165) is 5.69 Å². The number of hydrogen-bond acceptors (Lipinski definition) is 7. The molecule has 30 heavy (non-hydrogen) atoms. The largest absolute Gasteiger partial charge is 0.356 e. The first-order valence-corrected chi connectivity index (χ1v) is 9.71. The number of halogens is 2. The molecule has 1 saturated carbocycles. The van der Waals surface area contributed by atoms with E-state index >= 15 is 0 Å². The first kappa shape index (κ1) is 20.0. The highest BCUT2D eigenvalue weighted by atomic mass is 19.3. The van der Waals surface area contributed by atoms with Crippen molar-refractivity contribution < 1.29 is 13.6 Å². The Morgan fingerprint density at radius 3 is 2.73 bits per heavy atom. The Labute approximate surface area is 172 Å². The van der Waals surface area contributed by atoms with Crippen molar-refractivity contribution in [3.63, 3.8) is 0 Å². The average molecular weight is 416 g/mol. The number of hydrogen-bond donors (Lipinski definition) is 2. The third-order valence-corrected chi connectivity index (χ3v) is 5.59. The summed E-state index contributed by atoms with van der Waals surface area (Å²) in [5.41, 5.74) is -0.0221. The van der Waals surface area contributed by atoms with Gasteiger partial charge in [0.1, 0.15) is 11.7 Å². The molecule has 2 aromatic heterocycles. The summed E-state index contributed by atoms with van der Waals surface area (Å²) in [6, 6.07) is 3.88. The van der Waals surface area contributed by atoms with E-state index in [-0.39, 0.29) is 6.42 Å². The number of piperidine rings is 1. The molecule has 4 rings (SSSR count). The van der Waals surface area contributed by atoms with Crippen LogP contribution in [0.5, 0.6) is 0 Å². The molecule has 158 valence electrons. The number of anilines is 3. The number of aryl methyl sites for hydroxylation is 1. The average Bonchev–Trinajstić information content (AvgIpc) is 3.16. The second-order valence-electron chi connectivity index (χ2n) is 7.88. The number of nitrogens with zero attached hydrogens (tertiary/aromatic N) is 6. The summed E-state index contributed by atoms with van der Waals surface area (Å²) < 4.78 is 28.1. The zero-order chi connectivity index (χ0) is 21.4. The number of carbonyl (C=O) groups is 1. The Morgan fingerprint density at radius 1 is 1.40 bits per heavy atom. The van der Waals surface area contributed by atoms with Gasteiger partial charge >= 0.3 is 0 Å². The molecule has 1 aliphatic heterocycles. The van der Waals surface area contributed by atoms with Crippen LogP contribution in [-0.4, -0.2) is 50.2 Å². The van der Waals surface area contributed by atoms with Crippen LogP contribution in [0.4, 0.5) is 26.2 Å². The molecular formula is C19H22F2N8O. The van der Waals surface area contributed by atoms with Gasteiger partial charge in [0.05, 0.1) is 29.9 Å². The smallest absolute Gasteiger partial charge is 0.260 e. The highest BCUT2D eigenvalue weighted by Gasteiger charge is 2.62. The van der Waals surface area contributed by atoms with E-state index in [0.29, 0.717) is 37.7 Å². The molecule has 0 aromatic carbocycles. The normalized spacial score (nSPS) is 21.5. The standard InChI is InChI=1S/C19H22F2N8O/c1-28-12-13(11-24-28)25-17-23-7-2-15(26-17)29-8-4-18(3-6-22,5-9-29)27-16(30)14-10-19(14,20)21/h2,7,11-12,14H,3-5,8-10H2,1H3,(H,27,30)(H,23,25,26). The van der Waals surface area contributed by atoms with Crippen molar-refractivity contribution in [3.05, 3.63) is 24.7 Å². The maximum atomic E-state index is 13.2. The number of alkyl halides is 2. The Bertz CT molecular complexity index is 977. The van der Waals surface area contributed by atoms with Crippen molar-refractivity contribution >= 4 is 23.4 Å². The molecule has 2 N–H and O–H groups in total. The van der Waals surface area contributed by atoms with Crippen LogP contribution in [0.15, 0.2) is 24.7 Å². The lowest BCUT2D eigenvalue weighted by molar-refractivity contribution is -0.126. The molecule has 11 heteroatoms. The molecule has 2 aromatic rings. The SMILES string of the molecule is Cn1cc(Nc2nccc(N3CCC(CC#N)(NC(=O)C4CC4(F)F)CC3)n2)cn1. The van der Waals surface area contributed by atoms with Crippen molar-refractivity contribution in [3.8, 4) is 6.07 Å². The fourth-order valence-electron chi connectivity index (χ4n) is 3.71. The summed E-state index contributed by atoms with van der Waals surface area (Å²) in [4.78, 5) is 23.0. The van der Waals surface area contributed by atoms with Gasteiger partial charge in [0.2, 0.25) is 11.9 Å². The Morgan fingerprint density at radius 2 is 2.13 bits per heavy atom. The van der Waals surface area contributed by atoms with Crippen LogP contribution in [0.3, 0.4) is 0 Å². The van der Waals surface area contributed by atoms with Crippen molar-refractivity contribution in [2.75, 3.05) is 23.3 Å². The fourth-order valence-corrected chi connectivity index (χ4v) is 3.71. The fraction of sp³-hybridized carbons (Fsp3) is 0.526. The van der Waals surface area contributed by atoms with Crippen molar-refractivity contribution in [2.24, 2.45) is 13.0 Å². The van der Waals surface area contributed by atoms with E-state index < -0.39 is 29.7 Å². The lowest BCUT2D eigenvalue weighted by atomic mass is 9.84. The van der Waals surface area contributed by atoms with Crippen molar-refractivity contribution in [2.45, 2.75) is 37.1 Å². The monoisotopic (exact) mass is 416 g/mol. The molecule has 0 spiro atoms. The molecule has 1 atom stereocenters. The highest BCUT2D eigenvalue weighted by molar-refractivity contribution is 5.83. The summed E-state index contributed by atoms with van der Waals surface area (Å²) in [6.45, 7) is 1.07. The molecule has 1 saturated heterocycles. The third kappa shape index (κ3) is 4.17. The van der Waals surface area contributed by atoms with Crippen LogP contribution >= 0.6 is 0 Å². The zero-order valence-corrected chi connectivity index (χ0v) is 16.5. The van der Waals surface area contributed by atoms with Gasteiger partial charge in [-0.05, 0) is 18.9 Å². The number of nitriles is 1. The van der Waals surface area contributed by atoms with Gasteiger partial charge in [-0.25, -0.2) is 13.8 Å². The van der Waals surface area contributed by atoms with Crippen molar-refractivity contribution in [1.82, 2.24) is 25.1 Å². The van der Waals surface area contributed by atoms with E-state index in [1.165, 1.54) is 0 Å². The van der Waals surface area contributed by atoms with E-state index in [2.05, 4.69) is 31.8 Å². The second-order valence-corrected chi connectivity index (χ2v) is 7.88. The summed E-state index contributed by atoms with van der Waals surface area (Å²) in [5.74, 6) is -3.71. The molecule has 3 heterocycles. The number of nitrogens with one attached hydrogen (secondary N) is 2.